The predicted octanol–water partition coefficient (Wildman–Crippen LogP) is 0.354. The molecule has 19 heavy (non-hydrogen) atoms. The Morgan fingerprint density at radius 2 is 1.42 bits per heavy atom. The summed E-state index contributed by atoms with van der Waals surface area (Å²) in [5.41, 5.74) is 0. The van der Waals surface area contributed by atoms with Crippen LogP contribution < -0.4 is 0 Å². The van der Waals surface area contributed by atoms with E-state index in [9.17, 15) is 14.2 Å². The number of aliphatic hydroxyl groups is 1. The van der Waals surface area contributed by atoms with Crippen molar-refractivity contribution in [2.75, 3.05) is 13.6 Å². The molecular weight excluding hydrogens is 296 g/mol. The topological polar surface area (TPSA) is 139 Å². The van der Waals surface area contributed by atoms with E-state index < -0.39 is 26.7 Å². The highest BCUT2D eigenvalue weighted by Gasteiger charge is 2.58. The Morgan fingerprint density at radius 3 is 1.68 bits per heavy atom. The van der Waals surface area contributed by atoms with Crippen molar-refractivity contribution in [2.24, 2.45) is 5.92 Å². The van der Waals surface area contributed by atoms with Crippen LogP contribution in [0.15, 0.2) is 0 Å². The van der Waals surface area contributed by atoms with Crippen LogP contribution in [0.1, 0.15) is 27.2 Å². The van der Waals surface area contributed by atoms with E-state index >= 15 is 0 Å². The van der Waals surface area contributed by atoms with Crippen molar-refractivity contribution in [1.82, 2.24) is 4.90 Å². The van der Waals surface area contributed by atoms with Gasteiger partial charge in [-0.05, 0) is 19.9 Å². The smallest absolute Gasteiger partial charge is 0.367 e. The zero-order valence-electron chi connectivity index (χ0n) is 11.5. The van der Waals surface area contributed by atoms with Crippen LogP contribution in [0.5, 0.6) is 0 Å². The summed E-state index contributed by atoms with van der Waals surface area (Å²) in [6.45, 7) is 5.71. The monoisotopic (exact) mass is 319 g/mol. The molecular formula is C9H23NO7P2. The van der Waals surface area contributed by atoms with Gasteiger partial charge in [-0.1, -0.05) is 13.8 Å². The highest BCUT2D eigenvalue weighted by Crippen LogP contribution is 2.68. The van der Waals surface area contributed by atoms with E-state index in [0.717, 1.165) is 0 Å². The minimum absolute atomic E-state index is 0.0396. The molecule has 116 valence electrons. The van der Waals surface area contributed by atoms with Crippen LogP contribution in [0.2, 0.25) is 0 Å². The third-order valence-corrected chi connectivity index (χ3v) is 7.27. The van der Waals surface area contributed by atoms with E-state index in [1.54, 1.807) is 11.9 Å². The first-order valence-corrected chi connectivity index (χ1v) is 9.00. The molecule has 0 aromatic heterocycles. The second-order valence-electron chi connectivity index (χ2n) is 5.08. The molecule has 0 radical (unpaired) electrons. The normalized spacial score (nSPS) is 16.2. The van der Waals surface area contributed by atoms with Gasteiger partial charge in [0.05, 0.1) is 0 Å². The Hall–Kier alpha value is 0.220. The molecule has 0 aromatic rings. The van der Waals surface area contributed by atoms with Crippen LogP contribution >= 0.6 is 15.2 Å². The first-order valence-electron chi connectivity index (χ1n) is 5.78. The molecule has 0 rings (SSSR count). The first kappa shape index (κ1) is 19.2. The Morgan fingerprint density at radius 1 is 1.05 bits per heavy atom. The Labute approximate surface area is 112 Å². The van der Waals surface area contributed by atoms with Crippen LogP contribution in [0.25, 0.3) is 0 Å². The fraction of sp³-hybridized carbons (Fsp3) is 1.00. The maximum Gasteiger partial charge on any atom is 0.369 e. The molecule has 0 fully saturated rings. The molecule has 10 heteroatoms. The van der Waals surface area contributed by atoms with E-state index in [0.29, 0.717) is 0 Å². The lowest BCUT2D eigenvalue weighted by Gasteiger charge is -2.33. The molecule has 1 atom stereocenters. The predicted molar refractivity (Wildman–Crippen MR) is 70.6 cm³/mol. The van der Waals surface area contributed by atoms with E-state index in [-0.39, 0.29) is 18.5 Å². The Kier molecular flexibility index (Phi) is 6.40. The second-order valence-corrected chi connectivity index (χ2v) is 9.09. The van der Waals surface area contributed by atoms with Gasteiger partial charge in [-0.25, -0.2) is 0 Å². The lowest BCUT2D eigenvalue weighted by atomic mass is 10.1. The Balaban J connectivity index is 5.01. The summed E-state index contributed by atoms with van der Waals surface area (Å²) in [7, 11) is -9.05. The maximum absolute atomic E-state index is 11.1. The van der Waals surface area contributed by atoms with Crippen molar-refractivity contribution < 1.29 is 33.8 Å². The summed E-state index contributed by atoms with van der Waals surface area (Å²) in [5, 5.41) is 6.37. The van der Waals surface area contributed by atoms with Gasteiger partial charge in [0, 0.05) is 19.0 Å². The van der Waals surface area contributed by atoms with Gasteiger partial charge in [-0.3, -0.25) is 9.13 Å². The van der Waals surface area contributed by atoms with Gasteiger partial charge in [0.1, 0.15) is 0 Å². The molecule has 0 aromatic carbocycles. The highest BCUT2D eigenvalue weighted by molar-refractivity contribution is 7.72. The summed E-state index contributed by atoms with van der Waals surface area (Å²) >= 11 is 0. The number of hydrogen-bond acceptors (Lipinski definition) is 4. The number of hydrogen-bond donors (Lipinski definition) is 5. The molecule has 0 aliphatic rings. The molecule has 0 saturated carbocycles. The van der Waals surface area contributed by atoms with Crippen molar-refractivity contribution in [1.29, 1.82) is 0 Å². The first-order chi connectivity index (χ1) is 8.24. The van der Waals surface area contributed by atoms with Crippen LogP contribution in [0, 0.1) is 5.92 Å². The molecule has 0 saturated heterocycles. The van der Waals surface area contributed by atoms with Gasteiger partial charge < -0.3 is 29.6 Å². The molecule has 0 amide bonds. The van der Waals surface area contributed by atoms with Crippen molar-refractivity contribution in [2.45, 2.75) is 38.3 Å². The van der Waals surface area contributed by atoms with E-state index in [1.807, 2.05) is 20.8 Å². The van der Waals surface area contributed by atoms with Gasteiger partial charge in [0.25, 0.3) is 5.08 Å². The van der Waals surface area contributed by atoms with Gasteiger partial charge in [-0.2, -0.15) is 0 Å². The third-order valence-electron chi connectivity index (χ3n) is 3.39. The van der Waals surface area contributed by atoms with Gasteiger partial charge in [-0.15, -0.1) is 0 Å². The highest BCUT2D eigenvalue weighted by atomic mass is 31.2. The molecule has 0 spiro atoms. The lowest BCUT2D eigenvalue weighted by Crippen LogP contribution is -2.39. The third kappa shape index (κ3) is 4.62. The second kappa shape index (κ2) is 6.33. The summed E-state index contributed by atoms with van der Waals surface area (Å²) in [4.78, 5) is 37.6. The average Bonchev–Trinajstić information content (AvgIpc) is 2.20. The molecule has 0 aliphatic carbocycles. The molecule has 0 aliphatic heterocycles. The molecule has 0 bridgehead atoms. The van der Waals surface area contributed by atoms with Crippen molar-refractivity contribution in [3.05, 3.63) is 0 Å². The van der Waals surface area contributed by atoms with Crippen LogP contribution in [0.4, 0.5) is 0 Å². The van der Waals surface area contributed by atoms with E-state index in [2.05, 4.69) is 0 Å². The van der Waals surface area contributed by atoms with E-state index in [1.165, 1.54) is 0 Å². The standard InChI is InChI=1S/C9H23NO7P2/c1-7(2)8(3)10(4)6-5-9(11,18(12,13)14)19(15,16)17/h7-8,11H,5-6H2,1-4H3,(H2,12,13,14)(H2,15,16,17). The summed E-state index contributed by atoms with van der Waals surface area (Å²) < 4.78 is 22.3. The molecule has 5 N–H and O–H groups in total. The van der Waals surface area contributed by atoms with Crippen LogP contribution in [-0.4, -0.2) is 54.3 Å². The molecule has 1 unspecified atom stereocenters. The van der Waals surface area contributed by atoms with Crippen LogP contribution in [-0.2, 0) is 9.13 Å². The van der Waals surface area contributed by atoms with Gasteiger partial charge >= 0.3 is 15.2 Å². The zero-order chi connectivity index (χ0) is 15.6. The lowest BCUT2D eigenvalue weighted by molar-refractivity contribution is 0.101. The van der Waals surface area contributed by atoms with Crippen molar-refractivity contribution >= 4 is 15.2 Å². The summed E-state index contributed by atoms with van der Waals surface area (Å²) in [6.07, 6.45) is -0.713. The summed E-state index contributed by atoms with van der Waals surface area (Å²) in [6, 6.07) is 0.0396. The quantitative estimate of drug-likeness (QED) is 0.424. The Bertz CT molecular complexity index is 366. The number of rotatable bonds is 7. The van der Waals surface area contributed by atoms with E-state index in [4.69, 9.17) is 19.6 Å². The van der Waals surface area contributed by atoms with Gasteiger partial charge in [0.15, 0.2) is 0 Å². The molecule has 0 heterocycles. The van der Waals surface area contributed by atoms with Crippen molar-refractivity contribution in [3.63, 3.8) is 0 Å². The SMILES string of the molecule is CC(C)C(C)N(C)CCC(O)(P(=O)(O)O)P(=O)(O)O. The van der Waals surface area contributed by atoms with Crippen molar-refractivity contribution in [3.8, 4) is 0 Å². The van der Waals surface area contributed by atoms with Crippen LogP contribution in [0.3, 0.4) is 0 Å². The fourth-order valence-corrected chi connectivity index (χ4v) is 3.64. The fourth-order valence-electron chi connectivity index (χ4n) is 1.50. The zero-order valence-corrected chi connectivity index (χ0v) is 13.3. The molecule has 8 nitrogen and oxygen atoms in total. The number of nitrogens with zero attached hydrogens (tertiary/aromatic N) is 1. The minimum Gasteiger partial charge on any atom is -0.367 e. The maximum atomic E-state index is 11.1. The minimum atomic E-state index is -5.35. The van der Waals surface area contributed by atoms with Gasteiger partial charge in [0.2, 0.25) is 0 Å². The average molecular weight is 319 g/mol. The largest absolute Gasteiger partial charge is 0.369 e. The summed E-state index contributed by atoms with van der Waals surface area (Å²) in [5.74, 6) is 0.253.